The number of urea groups is 1. The third-order valence-corrected chi connectivity index (χ3v) is 4.46. The molecule has 0 atom stereocenters. The molecule has 0 aliphatic heterocycles. The highest BCUT2D eigenvalue weighted by atomic mass is 16.5. The van der Waals surface area contributed by atoms with Crippen LogP contribution in [0.4, 0.5) is 10.5 Å². The zero-order chi connectivity index (χ0) is 22.1. The number of anilines is 1. The van der Waals surface area contributed by atoms with E-state index in [9.17, 15) is 14.4 Å². The second kappa shape index (κ2) is 10.8. The molecule has 0 aliphatic rings. The predicted octanol–water partition coefficient (Wildman–Crippen LogP) is 3.14. The van der Waals surface area contributed by atoms with Crippen molar-refractivity contribution >= 4 is 23.6 Å². The minimum absolute atomic E-state index is 0.0473. The van der Waals surface area contributed by atoms with Gasteiger partial charge in [0.05, 0.1) is 14.2 Å². The van der Waals surface area contributed by atoms with E-state index in [0.29, 0.717) is 23.6 Å². The number of rotatable bonds is 8. The van der Waals surface area contributed by atoms with Crippen LogP contribution in [-0.2, 0) is 20.7 Å². The lowest BCUT2D eigenvalue weighted by molar-refractivity contribution is -0.148. The number of imide groups is 1. The summed E-state index contributed by atoms with van der Waals surface area (Å²) < 4.78 is 15.5. The van der Waals surface area contributed by atoms with Gasteiger partial charge >= 0.3 is 12.0 Å². The first-order chi connectivity index (χ1) is 14.3. The summed E-state index contributed by atoms with van der Waals surface area (Å²) >= 11 is 0. The molecule has 0 radical (unpaired) electrons. The van der Waals surface area contributed by atoms with E-state index in [1.54, 1.807) is 24.3 Å². The standard InChI is InChI=1S/C22H26N2O6/c1-14-8-10-17(12-15(14)2)23-22(27)24-19(25)13-30-20(26)11-9-16-6-5-7-18(28-3)21(16)29-4/h5-8,10,12H,9,11,13H2,1-4H3,(H2,23,24,25,27). The van der Waals surface area contributed by atoms with E-state index in [1.165, 1.54) is 14.2 Å². The van der Waals surface area contributed by atoms with E-state index in [1.807, 2.05) is 26.0 Å². The van der Waals surface area contributed by atoms with Gasteiger partial charge in [-0.3, -0.25) is 14.9 Å². The number of amides is 3. The first-order valence-electron chi connectivity index (χ1n) is 9.37. The molecule has 8 heteroatoms. The minimum Gasteiger partial charge on any atom is -0.493 e. The van der Waals surface area contributed by atoms with Gasteiger partial charge in [0.2, 0.25) is 0 Å². The molecular formula is C22H26N2O6. The number of hydrogen-bond donors (Lipinski definition) is 2. The second-order valence-corrected chi connectivity index (χ2v) is 6.61. The number of methoxy groups -OCH3 is 2. The van der Waals surface area contributed by atoms with Gasteiger partial charge in [0.25, 0.3) is 5.91 Å². The molecular weight excluding hydrogens is 388 g/mol. The van der Waals surface area contributed by atoms with Crippen LogP contribution >= 0.6 is 0 Å². The summed E-state index contributed by atoms with van der Waals surface area (Å²) in [5.41, 5.74) is 3.45. The molecule has 30 heavy (non-hydrogen) atoms. The molecule has 8 nitrogen and oxygen atoms in total. The maximum atomic E-state index is 11.9. The van der Waals surface area contributed by atoms with Crippen molar-refractivity contribution < 1.29 is 28.6 Å². The molecule has 0 unspecified atom stereocenters. The van der Waals surface area contributed by atoms with Crippen molar-refractivity contribution in [1.82, 2.24) is 5.32 Å². The van der Waals surface area contributed by atoms with Crippen LogP contribution in [0.2, 0.25) is 0 Å². The summed E-state index contributed by atoms with van der Waals surface area (Å²) in [5, 5.41) is 4.68. The summed E-state index contributed by atoms with van der Waals surface area (Å²) in [6.07, 6.45) is 0.403. The Morgan fingerprint density at radius 3 is 2.40 bits per heavy atom. The van der Waals surface area contributed by atoms with Gasteiger partial charge in [0.1, 0.15) is 0 Å². The lowest BCUT2D eigenvalue weighted by Crippen LogP contribution is -2.37. The summed E-state index contributed by atoms with van der Waals surface area (Å²) in [5.74, 6) is -0.167. The predicted molar refractivity (Wildman–Crippen MR) is 112 cm³/mol. The number of carbonyl (C=O) groups excluding carboxylic acids is 3. The summed E-state index contributed by atoms with van der Waals surface area (Å²) in [7, 11) is 3.05. The maximum Gasteiger partial charge on any atom is 0.325 e. The first kappa shape index (κ1) is 22.7. The third kappa shape index (κ3) is 6.51. The highest BCUT2D eigenvalue weighted by molar-refractivity contribution is 6.01. The summed E-state index contributed by atoms with van der Waals surface area (Å²) in [6, 6.07) is 10.1. The Morgan fingerprint density at radius 2 is 1.73 bits per heavy atom. The molecule has 0 fully saturated rings. The van der Waals surface area contributed by atoms with Gasteiger partial charge in [-0.1, -0.05) is 18.2 Å². The molecule has 3 amide bonds. The Kier molecular flexibility index (Phi) is 8.22. The average Bonchev–Trinajstić information content (AvgIpc) is 2.72. The Labute approximate surface area is 175 Å². The molecule has 0 saturated carbocycles. The number of aryl methyl sites for hydroxylation is 3. The number of carbonyl (C=O) groups is 3. The van der Waals surface area contributed by atoms with Gasteiger partial charge in [-0.25, -0.2) is 4.79 Å². The van der Waals surface area contributed by atoms with Crippen molar-refractivity contribution in [2.24, 2.45) is 0 Å². The quantitative estimate of drug-likeness (QED) is 0.644. The van der Waals surface area contributed by atoms with Crippen molar-refractivity contribution in [1.29, 1.82) is 0 Å². The largest absolute Gasteiger partial charge is 0.493 e. The monoisotopic (exact) mass is 414 g/mol. The number of nitrogens with one attached hydrogen (secondary N) is 2. The van der Waals surface area contributed by atoms with Gasteiger partial charge in [0.15, 0.2) is 18.1 Å². The molecule has 2 aromatic rings. The smallest absolute Gasteiger partial charge is 0.325 e. The Morgan fingerprint density at radius 1 is 0.967 bits per heavy atom. The summed E-state index contributed by atoms with van der Waals surface area (Å²) in [6.45, 7) is 3.33. The van der Waals surface area contributed by atoms with Crippen molar-refractivity contribution in [3.05, 3.63) is 53.1 Å². The fraction of sp³-hybridized carbons (Fsp3) is 0.318. The Balaban J connectivity index is 1.77. The van der Waals surface area contributed by atoms with E-state index >= 15 is 0 Å². The maximum absolute atomic E-state index is 11.9. The van der Waals surface area contributed by atoms with Crippen molar-refractivity contribution in [3.8, 4) is 11.5 Å². The van der Waals surface area contributed by atoms with E-state index in [-0.39, 0.29) is 6.42 Å². The normalized spacial score (nSPS) is 10.1. The highest BCUT2D eigenvalue weighted by Gasteiger charge is 2.14. The number of ether oxygens (including phenoxy) is 3. The third-order valence-electron chi connectivity index (χ3n) is 4.46. The van der Waals surface area contributed by atoms with Gasteiger partial charge < -0.3 is 19.5 Å². The van der Waals surface area contributed by atoms with Crippen molar-refractivity contribution in [3.63, 3.8) is 0 Å². The molecule has 0 aromatic heterocycles. The van der Waals surface area contributed by atoms with E-state index < -0.39 is 24.5 Å². The fourth-order valence-corrected chi connectivity index (χ4v) is 2.75. The molecule has 2 rings (SSSR count). The molecule has 0 bridgehead atoms. The fourth-order valence-electron chi connectivity index (χ4n) is 2.75. The van der Waals surface area contributed by atoms with Crippen LogP contribution < -0.4 is 20.1 Å². The number of benzene rings is 2. The van der Waals surface area contributed by atoms with Crippen LogP contribution in [0.15, 0.2) is 36.4 Å². The first-order valence-corrected chi connectivity index (χ1v) is 9.37. The molecule has 0 heterocycles. The molecule has 2 aromatic carbocycles. The molecule has 160 valence electrons. The van der Waals surface area contributed by atoms with E-state index in [2.05, 4.69) is 10.6 Å². The number of para-hydroxylation sites is 1. The van der Waals surface area contributed by atoms with Crippen LogP contribution in [0.5, 0.6) is 11.5 Å². The van der Waals surface area contributed by atoms with Crippen molar-refractivity contribution in [2.75, 3.05) is 26.1 Å². The lowest BCUT2D eigenvalue weighted by atomic mass is 10.1. The van der Waals surface area contributed by atoms with Crippen molar-refractivity contribution in [2.45, 2.75) is 26.7 Å². The Hall–Kier alpha value is -3.55. The molecule has 0 spiro atoms. The van der Waals surface area contributed by atoms with Gasteiger partial charge in [-0.05, 0) is 55.2 Å². The SMILES string of the molecule is COc1cccc(CCC(=O)OCC(=O)NC(=O)Nc2ccc(C)c(C)c2)c1OC. The molecule has 0 saturated heterocycles. The van der Waals surface area contributed by atoms with Gasteiger partial charge in [-0.2, -0.15) is 0 Å². The minimum atomic E-state index is -0.719. The van der Waals surface area contributed by atoms with Crippen LogP contribution in [0.3, 0.4) is 0 Å². The van der Waals surface area contributed by atoms with Crippen LogP contribution in [-0.4, -0.2) is 38.7 Å². The van der Waals surface area contributed by atoms with E-state index in [0.717, 1.165) is 16.7 Å². The number of hydrogen-bond acceptors (Lipinski definition) is 6. The molecule has 2 N–H and O–H groups in total. The van der Waals surface area contributed by atoms with E-state index in [4.69, 9.17) is 14.2 Å². The average molecular weight is 414 g/mol. The van der Waals surface area contributed by atoms with Crippen LogP contribution in [0, 0.1) is 13.8 Å². The molecule has 0 aliphatic carbocycles. The van der Waals surface area contributed by atoms with Gasteiger partial charge in [0, 0.05) is 12.1 Å². The zero-order valence-corrected chi connectivity index (χ0v) is 17.5. The second-order valence-electron chi connectivity index (χ2n) is 6.61. The van der Waals surface area contributed by atoms with Crippen LogP contribution in [0.1, 0.15) is 23.1 Å². The highest BCUT2D eigenvalue weighted by Crippen LogP contribution is 2.31. The number of esters is 1. The zero-order valence-electron chi connectivity index (χ0n) is 17.5. The Bertz CT molecular complexity index is 926. The lowest BCUT2D eigenvalue weighted by Gasteiger charge is -2.12. The topological polar surface area (TPSA) is 103 Å². The van der Waals surface area contributed by atoms with Gasteiger partial charge in [-0.15, -0.1) is 0 Å². The summed E-state index contributed by atoms with van der Waals surface area (Å²) in [4.78, 5) is 35.7. The van der Waals surface area contributed by atoms with Crippen LogP contribution in [0.25, 0.3) is 0 Å².